The van der Waals surface area contributed by atoms with Crippen LogP contribution in [0.25, 0.3) is 0 Å². The van der Waals surface area contributed by atoms with E-state index in [9.17, 15) is 13.6 Å². The van der Waals surface area contributed by atoms with Crippen LogP contribution in [0.3, 0.4) is 0 Å². The number of rotatable bonds is 3. The fraction of sp³-hybridized carbons (Fsp3) is 0.438. The molecule has 0 radical (unpaired) electrons. The van der Waals surface area contributed by atoms with Crippen molar-refractivity contribution >= 4 is 5.91 Å². The van der Waals surface area contributed by atoms with Crippen LogP contribution < -0.4 is 0 Å². The van der Waals surface area contributed by atoms with Gasteiger partial charge in [-0.25, -0.2) is 13.5 Å². The predicted molar refractivity (Wildman–Crippen MR) is 77.9 cm³/mol. The summed E-state index contributed by atoms with van der Waals surface area (Å²) < 4.78 is 28.1. The number of likely N-dealkylation sites (tertiary alicyclic amines) is 1. The number of hydrogen-bond donors (Lipinski definition) is 0. The van der Waals surface area contributed by atoms with Gasteiger partial charge in [-0.15, -0.1) is 5.10 Å². The van der Waals surface area contributed by atoms with Crippen LogP contribution in [0.2, 0.25) is 0 Å². The van der Waals surface area contributed by atoms with Crippen molar-refractivity contribution < 1.29 is 13.6 Å². The molecule has 23 heavy (non-hydrogen) atoms. The fourth-order valence-corrected chi connectivity index (χ4v) is 2.99. The smallest absolute Gasteiger partial charge is 0.254 e. The summed E-state index contributed by atoms with van der Waals surface area (Å²) in [6.07, 6.45) is 5.09. The minimum atomic E-state index is -1.00. The van der Waals surface area contributed by atoms with Gasteiger partial charge in [-0.05, 0) is 37.5 Å². The highest BCUT2D eigenvalue weighted by atomic mass is 19.2. The molecule has 7 heteroatoms. The van der Waals surface area contributed by atoms with Crippen LogP contribution in [0.5, 0.6) is 0 Å². The minimum absolute atomic E-state index is 0.0873. The number of nitrogens with zero attached hydrogens (tertiary/aromatic N) is 4. The van der Waals surface area contributed by atoms with Crippen molar-refractivity contribution in [3.05, 3.63) is 47.3 Å². The summed E-state index contributed by atoms with van der Waals surface area (Å²) in [4.78, 5) is 14.1. The summed E-state index contributed by atoms with van der Waals surface area (Å²) in [5.74, 6) is -1.69. The van der Waals surface area contributed by atoms with Gasteiger partial charge in [0.1, 0.15) is 0 Å². The highest BCUT2D eigenvalue weighted by molar-refractivity contribution is 5.94. The molecule has 0 unspecified atom stereocenters. The zero-order chi connectivity index (χ0) is 16.0. The Labute approximate surface area is 131 Å². The number of carbonyl (C=O) groups is 1. The van der Waals surface area contributed by atoms with Crippen molar-refractivity contribution in [2.45, 2.75) is 31.2 Å². The Morgan fingerprint density at radius 1 is 1.17 bits per heavy atom. The number of benzene rings is 1. The van der Waals surface area contributed by atoms with Gasteiger partial charge in [0.2, 0.25) is 0 Å². The van der Waals surface area contributed by atoms with Gasteiger partial charge in [-0.2, -0.15) is 0 Å². The molecule has 120 valence electrons. The first-order valence-electron chi connectivity index (χ1n) is 7.78. The zero-order valence-corrected chi connectivity index (χ0v) is 12.5. The van der Waals surface area contributed by atoms with Gasteiger partial charge in [0.05, 0.1) is 11.7 Å². The summed E-state index contributed by atoms with van der Waals surface area (Å²) in [6, 6.07) is 3.33. The molecule has 1 saturated heterocycles. The number of hydrogen-bond acceptors (Lipinski definition) is 3. The molecule has 1 atom stereocenters. The monoisotopic (exact) mass is 318 g/mol. The first kappa shape index (κ1) is 14.3. The lowest BCUT2D eigenvalue weighted by atomic mass is 10.2. The summed E-state index contributed by atoms with van der Waals surface area (Å²) in [5.41, 5.74) is 1.19. The van der Waals surface area contributed by atoms with E-state index in [0.717, 1.165) is 24.2 Å². The van der Waals surface area contributed by atoms with E-state index in [1.807, 2.05) is 10.9 Å². The second-order valence-electron chi connectivity index (χ2n) is 6.22. The van der Waals surface area contributed by atoms with E-state index in [2.05, 4.69) is 10.3 Å². The Morgan fingerprint density at radius 2 is 2.00 bits per heavy atom. The Kier molecular flexibility index (Phi) is 3.36. The molecular formula is C16H16F2N4O. The minimum Gasteiger partial charge on any atom is -0.336 e. The quantitative estimate of drug-likeness (QED) is 0.874. The second kappa shape index (κ2) is 5.40. The topological polar surface area (TPSA) is 51.0 Å². The maximum absolute atomic E-state index is 13.3. The number of amides is 1. The van der Waals surface area contributed by atoms with E-state index in [-0.39, 0.29) is 17.5 Å². The molecule has 0 bridgehead atoms. The molecule has 1 aliphatic heterocycles. The summed E-state index contributed by atoms with van der Waals surface area (Å²) in [7, 11) is 0. The average molecular weight is 318 g/mol. The van der Waals surface area contributed by atoms with Gasteiger partial charge in [0.15, 0.2) is 11.6 Å². The molecule has 4 rings (SSSR count). The number of halogens is 2. The Hall–Kier alpha value is -2.31. The van der Waals surface area contributed by atoms with E-state index in [0.29, 0.717) is 19.0 Å². The van der Waals surface area contributed by atoms with Crippen LogP contribution in [0.15, 0.2) is 24.4 Å². The highest BCUT2D eigenvalue weighted by Crippen LogP contribution is 2.39. The van der Waals surface area contributed by atoms with Crippen LogP contribution >= 0.6 is 0 Å². The molecule has 0 N–H and O–H groups in total. The van der Waals surface area contributed by atoms with Gasteiger partial charge in [-0.1, -0.05) is 5.21 Å². The molecule has 1 aromatic carbocycles. The van der Waals surface area contributed by atoms with Gasteiger partial charge in [-0.3, -0.25) is 4.79 Å². The van der Waals surface area contributed by atoms with Crippen molar-refractivity contribution in [1.82, 2.24) is 19.9 Å². The van der Waals surface area contributed by atoms with Gasteiger partial charge in [0.25, 0.3) is 5.91 Å². The lowest BCUT2D eigenvalue weighted by molar-refractivity contribution is 0.0786. The third-order valence-corrected chi connectivity index (χ3v) is 4.51. The molecule has 2 heterocycles. The van der Waals surface area contributed by atoms with Gasteiger partial charge >= 0.3 is 0 Å². The van der Waals surface area contributed by atoms with Crippen LogP contribution in [0.4, 0.5) is 8.78 Å². The van der Waals surface area contributed by atoms with E-state index in [4.69, 9.17) is 0 Å². The first-order chi connectivity index (χ1) is 11.1. The molecule has 0 spiro atoms. The standard InChI is InChI=1S/C16H16F2N4O/c17-13-4-3-11(7-14(13)18)16(23)21-6-5-12(8-21)22-9-15(19-20-22)10-1-2-10/h3-4,7,9-10,12H,1-2,5-6,8H2/t12-/m0/s1. The van der Waals surface area contributed by atoms with Crippen molar-refractivity contribution in [3.63, 3.8) is 0 Å². The molecule has 5 nitrogen and oxygen atoms in total. The third-order valence-electron chi connectivity index (χ3n) is 4.51. The summed E-state index contributed by atoms with van der Waals surface area (Å²) in [5, 5.41) is 8.36. The second-order valence-corrected chi connectivity index (χ2v) is 6.22. The molecule has 2 fully saturated rings. The molecule has 1 amide bonds. The Balaban J connectivity index is 1.46. The maximum atomic E-state index is 13.3. The predicted octanol–water partition coefficient (Wildman–Crippen LogP) is 2.52. The lowest BCUT2D eigenvalue weighted by Crippen LogP contribution is -2.29. The zero-order valence-electron chi connectivity index (χ0n) is 12.5. The lowest BCUT2D eigenvalue weighted by Gasteiger charge is -2.16. The van der Waals surface area contributed by atoms with Crippen LogP contribution in [0, 0.1) is 11.6 Å². The van der Waals surface area contributed by atoms with Gasteiger partial charge < -0.3 is 4.90 Å². The van der Waals surface area contributed by atoms with Crippen LogP contribution in [-0.4, -0.2) is 38.9 Å². The molecule has 1 aliphatic carbocycles. The van der Waals surface area contributed by atoms with Crippen molar-refractivity contribution in [2.75, 3.05) is 13.1 Å². The van der Waals surface area contributed by atoms with Crippen molar-refractivity contribution in [2.24, 2.45) is 0 Å². The SMILES string of the molecule is O=C(c1ccc(F)c(F)c1)N1CC[C@H](n2cc(C3CC3)nn2)C1. The van der Waals surface area contributed by atoms with E-state index in [1.165, 1.54) is 18.9 Å². The Morgan fingerprint density at radius 3 is 2.74 bits per heavy atom. The number of carbonyl (C=O) groups excluding carboxylic acids is 1. The first-order valence-corrected chi connectivity index (χ1v) is 7.78. The molecule has 1 saturated carbocycles. The van der Waals surface area contributed by atoms with Crippen LogP contribution in [0.1, 0.15) is 47.3 Å². The highest BCUT2D eigenvalue weighted by Gasteiger charge is 2.31. The average Bonchev–Trinajstić information content (AvgIpc) is 3.09. The van der Waals surface area contributed by atoms with Crippen molar-refractivity contribution in [1.29, 1.82) is 0 Å². The van der Waals surface area contributed by atoms with Gasteiger partial charge in [0, 0.05) is 30.8 Å². The van der Waals surface area contributed by atoms with Crippen molar-refractivity contribution in [3.8, 4) is 0 Å². The fourth-order valence-electron chi connectivity index (χ4n) is 2.99. The van der Waals surface area contributed by atoms with E-state index >= 15 is 0 Å². The Bertz CT molecular complexity index is 756. The normalized spacial score (nSPS) is 21.0. The van der Waals surface area contributed by atoms with E-state index in [1.54, 1.807) is 4.90 Å². The summed E-state index contributed by atoms with van der Waals surface area (Å²) >= 11 is 0. The maximum Gasteiger partial charge on any atom is 0.254 e. The van der Waals surface area contributed by atoms with E-state index < -0.39 is 11.6 Å². The summed E-state index contributed by atoms with van der Waals surface area (Å²) in [6.45, 7) is 1.08. The van der Waals surface area contributed by atoms with Crippen LogP contribution in [-0.2, 0) is 0 Å². The molecule has 1 aromatic heterocycles. The molecule has 2 aliphatic rings. The molecule has 2 aromatic rings. The molecular weight excluding hydrogens is 302 g/mol. The largest absolute Gasteiger partial charge is 0.336 e. The third kappa shape index (κ3) is 2.71. The number of aromatic nitrogens is 3.